The van der Waals surface area contributed by atoms with E-state index in [1.54, 1.807) is 6.08 Å². The average Bonchev–Trinajstić information content (AvgIpc) is 3.46. The van der Waals surface area contributed by atoms with Crippen LogP contribution < -0.4 is 5.32 Å². The van der Waals surface area contributed by atoms with Crippen LogP contribution in [0.3, 0.4) is 0 Å². The minimum Gasteiger partial charge on any atom is -0.394 e. The summed E-state index contributed by atoms with van der Waals surface area (Å²) in [5.41, 5.74) is 0. The normalized spacial score (nSPS) is 19.2. The van der Waals surface area contributed by atoms with E-state index in [1.807, 2.05) is 6.08 Å². The lowest BCUT2D eigenvalue weighted by atomic mass is 9.99. The van der Waals surface area contributed by atoms with Gasteiger partial charge in [0.15, 0.2) is 6.29 Å². The van der Waals surface area contributed by atoms with Crippen molar-refractivity contribution in [1.29, 1.82) is 0 Å². The number of rotatable bonds is 56. The van der Waals surface area contributed by atoms with Gasteiger partial charge in [-0.15, -0.1) is 0 Å². The molecule has 9 heteroatoms. The van der Waals surface area contributed by atoms with Gasteiger partial charge in [0.2, 0.25) is 5.91 Å². The molecule has 1 aliphatic heterocycles. The lowest BCUT2D eigenvalue weighted by Gasteiger charge is -2.40. The third kappa shape index (κ3) is 47.4. The fraction of sp³-hybridized carbons (Fsp3) is 0.732. The number of hydrogen-bond donors (Lipinski definition) is 6. The third-order valence-electron chi connectivity index (χ3n) is 15.1. The number of hydrogen-bond acceptors (Lipinski definition) is 8. The van der Waals surface area contributed by atoms with E-state index in [1.165, 1.54) is 161 Å². The predicted molar refractivity (Wildman–Crippen MR) is 341 cm³/mol. The van der Waals surface area contributed by atoms with Crippen LogP contribution in [0.25, 0.3) is 0 Å². The molecule has 0 aromatic heterocycles. The van der Waals surface area contributed by atoms with Crippen molar-refractivity contribution in [3.8, 4) is 0 Å². The van der Waals surface area contributed by atoms with Crippen molar-refractivity contribution in [3.63, 3.8) is 0 Å². The van der Waals surface area contributed by atoms with Crippen molar-refractivity contribution >= 4 is 5.91 Å². The average molecular weight is 1120 g/mol. The zero-order valence-corrected chi connectivity index (χ0v) is 51.3. The van der Waals surface area contributed by atoms with E-state index in [9.17, 15) is 30.3 Å². The second kappa shape index (κ2) is 59.0. The molecule has 1 heterocycles. The van der Waals surface area contributed by atoms with Gasteiger partial charge < -0.3 is 40.3 Å². The Kier molecular flexibility index (Phi) is 55.2. The van der Waals surface area contributed by atoms with Crippen molar-refractivity contribution < 1.29 is 39.8 Å². The molecule has 1 saturated heterocycles. The molecule has 0 radical (unpaired) electrons. The first-order valence-electron chi connectivity index (χ1n) is 33.1. The number of ether oxygens (including phenoxy) is 2. The van der Waals surface area contributed by atoms with Gasteiger partial charge in [0, 0.05) is 6.42 Å². The molecule has 0 saturated carbocycles. The second-order valence-electron chi connectivity index (χ2n) is 22.5. The van der Waals surface area contributed by atoms with Gasteiger partial charge in [0.05, 0.1) is 25.4 Å². The monoisotopic (exact) mass is 1120 g/mol. The summed E-state index contributed by atoms with van der Waals surface area (Å²) in [5, 5.41) is 54.7. The summed E-state index contributed by atoms with van der Waals surface area (Å²) in [5.74, 6) is -0.195. The van der Waals surface area contributed by atoms with E-state index in [4.69, 9.17) is 9.47 Å². The largest absolute Gasteiger partial charge is 0.394 e. The molecule has 0 aromatic carbocycles. The van der Waals surface area contributed by atoms with Crippen molar-refractivity contribution in [3.05, 3.63) is 109 Å². The summed E-state index contributed by atoms with van der Waals surface area (Å²) in [6.45, 7) is 3.67. The zero-order valence-electron chi connectivity index (χ0n) is 51.3. The number of aliphatic hydroxyl groups is 5. The smallest absolute Gasteiger partial charge is 0.220 e. The van der Waals surface area contributed by atoms with E-state index in [0.717, 1.165) is 96.3 Å². The zero-order chi connectivity index (χ0) is 57.9. The first-order valence-corrected chi connectivity index (χ1v) is 33.1. The molecule has 1 fully saturated rings. The van der Waals surface area contributed by atoms with E-state index in [-0.39, 0.29) is 12.5 Å². The van der Waals surface area contributed by atoms with E-state index < -0.39 is 49.5 Å². The highest BCUT2D eigenvalue weighted by Crippen LogP contribution is 2.23. The molecule has 7 atom stereocenters. The number of carbonyl (C=O) groups is 1. The van der Waals surface area contributed by atoms with Crippen molar-refractivity contribution in [2.45, 2.75) is 320 Å². The summed E-state index contributed by atoms with van der Waals surface area (Å²) in [6.07, 6.45) is 80.3. The van der Waals surface area contributed by atoms with Crippen LogP contribution in [0.4, 0.5) is 0 Å². The van der Waals surface area contributed by atoms with Gasteiger partial charge in [-0.3, -0.25) is 4.79 Å². The van der Waals surface area contributed by atoms with E-state index in [0.29, 0.717) is 6.42 Å². The molecule has 0 aromatic rings. The fourth-order valence-electron chi connectivity index (χ4n) is 9.92. The number of allylic oxidation sites excluding steroid dienone is 17. The molecule has 9 nitrogen and oxygen atoms in total. The lowest BCUT2D eigenvalue weighted by molar-refractivity contribution is -0.302. The van der Waals surface area contributed by atoms with Crippen LogP contribution in [0.5, 0.6) is 0 Å². The number of nitrogens with one attached hydrogen (secondary N) is 1. The van der Waals surface area contributed by atoms with Crippen LogP contribution in [-0.2, 0) is 14.3 Å². The summed E-state index contributed by atoms with van der Waals surface area (Å²) >= 11 is 0. The Balaban J connectivity index is 2.21. The first kappa shape index (κ1) is 74.9. The van der Waals surface area contributed by atoms with Gasteiger partial charge >= 0.3 is 0 Å². The van der Waals surface area contributed by atoms with Crippen molar-refractivity contribution in [1.82, 2.24) is 5.32 Å². The highest BCUT2D eigenvalue weighted by atomic mass is 16.7. The standard InChI is InChI=1S/C71H123NO8/c1-3-5-7-9-11-13-15-17-19-21-23-25-27-29-31-32-33-34-35-37-39-41-43-45-47-49-51-53-55-57-59-61-67(75)72-64(63-79-71-70(78)69(77)68(76)66(62-73)80-71)65(74)60-58-56-54-52-50-48-46-44-42-40-38-36-30-28-26-24-22-20-18-16-14-12-10-8-6-4-2/h5,7,11,13,17,19,23,25,29,31,33-34,37,39,50,52,58,60,64-66,68-71,73-74,76-78H,3-4,6,8-10,12,14-16,18,20-22,24,26-28,30,32,35-36,38,40-49,51,53-57,59,61-63H2,1-2H3,(H,72,75)/b7-5-,13-11-,19-17-,25-23-,31-29-,34-33-,39-37-,52-50+,60-58+. The van der Waals surface area contributed by atoms with Crippen molar-refractivity contribution in [2.24, 2.45) is 0 Å². The Morgan fingerprint density at radius 2 is 0.787 bits per heavy atom. The lowest BCUT2D eigenvalue weighted by Crippen LogP contribution is -2.60. The summed E-state index contributed by atoms with van der Waals surface area (Å²) in [6, 6.07) is -0.834. The highest BCUT2D eigenvalue weighted by molar-refractivity contribution is 5.76. The summed E-state index contributed by atoms with van der Waals surface area (Å²) < 4.78 is 11.3. The molecule has 7 unspecified atom stereocenters. The van der Waals surface area contributed by atoms with Gasteiger partial charge in [0.25, 0.3) is 0 Å². The van der Waals surface area contributed by atoms with E-state index >= 15 is 0 Å². The maximum absolute atomic E-state index is 13.1. The summed E-state index contributed by atoms with van der Waals surface area (Å²) in [4.78, 5) is 13.1. The molecule has 6 N–H and O–H groups in total. The number of unbranched alkanes of at least 4 members (excludes halogenated alkanes) is 30. The maximum atomic E-state index is 13.1. The van der Waals surface area contributed by atoms with Crippen LogP contribution in [0.2, 0.25) is 0 Å². The Morgan fingerprint density at radius 1 is 0.438 bits per heavy atom. The Labute approximate surface area is 491 Å². The van der Waals surface area contributed by atoms with Crippen LogP contribution in [-0.4, -0.2) is 87.5 Å². The van der Waals surface area contributed by atoms with Crippen LogP contribution in [0, 0.1) is 0 Å². The van der Waals surface area contributed by atoms with E-state index in [2.05, 4.69) is 116 Å². The molecule has 0 bridgehead atoms. The van der Waals surface area contributed by atoms with Gasteiger partial charge in [-0.2, -0.15) is 0 Å². The molecule has 1 rings (SSSR count). The molecule has 460 valence electrons. The Bertz CT molecular complexity index is 1630. The minimum atomic E-state index is -1.58. The SMILES string of the molecule is CC/C=C\C/C=C\C/C=C\C/C=C\C/C=C\C/C=C\C/C=C\CCCCCCCCCCCC(=O)NC(COC1OC(CO)C(O)C(O)C1O)C(O)/C=C/CC/C=C/CCCCCCCCCCCCCCCCCCCCCC. The molecular formula is C71H123NO8. The fourth-order valence-corrected chi connectivity index (χ4v) is 9.92. The van der Waals surface area contributed by atoms with Crippen LogP contribution in [0.15, 0.2) is 109 Å². The van der Waals surface area contributed by atoms with Gasteiger partial charge in [0.1, 0.15) is 24.4 Å². The molecule has 0 aliphatic carbocycles. The quantitative estimate of drug-likeness (QED) is 0.0261. The second-order valence-corrected chi connectivity index (χ2v) is 22.5. The number of amides is 1. The Morgan fingerprint density at radius 3 is 1.20 bits per heavy atom. The molecule has 1 amide bonds. The number of aliphatic hydroxyl groups excluding tert-OH is 5. The van der Waals surface area contributed by atoms with Gasteiger partial charge in [-0.25, -0.2) is 0 Å². The molecule has 0 spiro atoms. The molecule has 1 aliphatic rings. The predicted octanol–water partition coefficient (Wildman–Crippen LogP) is 17.7. The maximum Gasteiger partial charge on any atom is 0.220 e. The number of carbonyl (C=O) groups excluding carboxylic acids is 1. The third-order valence-corrected chi connectivity index (χ3v) is 15.1. The topological polar surface area (TPSA) is 149 Å². The highest BCUT2D eigenvalue weighted by Gasteiger charge is 2.44. The van der Waals surface area contributed by atoms with Crippen LogP contribution >= 0.6 is 0 Å². The van der Waals surface area contributed by atoms with Gasteiger partial charge in [-0.1, -0.05) is 290 Å². The van der Waals surface area contributed by atoms with Gasteiger partial charge in [-0.05, 0) is 89.9 Å². The van der Waals surface area contributed by atoms with Crippen molar-refractivity contribution in [2.75, 3.05) is 13.2 Å². The molecular weight excluding hydrogens is 995 g/mol. The first-order chi connectivity index (χ1) is 39.3. The Hall–Kier alpha value is -3.15. The minimum absolute atomic E-state index is 0.195. The summed E-state index contributed by atoms with van der Waals surface area (Å²) in [7, 11) is 0. The van der Waals surface area contributed by atoms with Crippen LogP contribution in [0.1, 0.15) is 277 Å². The molecule has 80 heavy (non-hydrogen) atoms.